The average Bonchev–Trinajstić information content (AvgIpc) is 2.74. The van der Waals surface area contributed by atoms with Crippen molar-refractivity contribution in [3.63, 3.8) is 0 Å². The minimum atomic E-state index is 0.796. The summed E-state index contributed by atoms with van der Waals surface area (Å²) in [4.78, 5) is 0. The van der Waals surface area contributed by atoms with Crippen LogP contribution >= 0.6 is 0 Å². The monoisotopic (exact) mass is 220 g/mol. The molecule has 1 saturated heterocycles. The quantitative estimate of drug-likeness (QED) is 0.747. The van der Waals surface area contributed by atoms with E-state index in [0.29, 0.717) is 0 Å². The van der Waals surface area contributed by atoms with Crippen LogP contribution in [-0.4, -0.2) is 12.6 Å². The SMILES string of the molecule is C=CNC1=CC=C(C)CC1.CC1CCCN1. The van der Waals surface area contributed by atoms with Crippen molar-refractivity contribution in [1.29, 1.82) is 0 Å². The van der Waals surface area contributed by atoms with E-state index in [2.05, 4.69) is 43.2 Å². The van der Waals surface area contributed by atoms with Crippen LogP contribution in [0, 0.1) is 0 Å². The van der Waals surface area contributed by atoms with Gasteiger partial charge in [-0.05, 0) is 58.4 Å². The molecule has 1 aliphatic heterocycles. The molecule has 0 aromatic rings. The van der Waals surface area contributed by atoms with Gasteiger partial charge in [-0.1, -0.05) is 18.2 Å². The van der Waals surface area contributed by atoms with E-state index >= 15 is 0 Å². The highest BCUT2D eigenvalue weighted by Gasteiger charge is 2.05. The molecule has 2 nitrogen and oxygen atoms in total. The number of nitrogens with one attached hydrogen (secondary N) is 2. The molecule has 1 aliphatic carbocycles. The van der Waals surface area contributed by atoms with Gasteiger partial charge >= 0.3 is 0 Å². The predicted molar refractivity (Wildman–Crippen MR) is 71.1 cm³/mol. The van der Waals surface area contributed by atoms with Crippen molar-refractivity contribution in [2.24, 2.45) is 0 Å². The van der Waals surface area contributed by atoms with Crippen LogP contribution in [0.3, 0.4) is 0 Å². The Morgan fingerprint density at radius 3 is 2.62 bits per heavy atom. The lowest BCUT2D eigenvalue weighted by molar-refractivity contribution is 0.664. The second kappa shape index (κ2) is 7.29. The molecule has 0 bridgehead atoms. The van der Waals surface area contributed by atoms with Gasteiger partial charge in [0, 0.05) is 11.7 Å². The normalized spacial score (nSPS) is 23.8. The fraction of sp³-hybridized carbons (Fsp3) is 0.571. The maximum atomic E-state index is 3.60. The van der Waals surface area contributed by atoms with Crippen molar-refractivity contribution < 1.29 is 0 Å². The van der Waals surface area contributed by atoms with Crippen LogP contribution in [-0.2, 0) is 0 Å². The zero-order chi connectivity index (χ0) is 11.8. The number of rotatable bonds is 2. The molecule has 0 aromatic carbocycles. The van der Waals surface area contributed by atoms with Gasteiger partial charge in [-0.2, -0.15) is 0 Å². The average molecular weight is 220 g/mol. The first-order chi connectivity index (χ1) is 7.72. The molecule has 0 amide bonds. The summed E-state index contributed by atoms with van der Waals surface area (Å²) in [5.41, 5.74) is 2.72. The molecule has 2 aliphatic rings. The van der Waals surface area contributed by atoms with Gasteiger partial charge < -0.3 is 10.6 Å². The Kier molecular flexibility index (Phi) is 5.94. The van der Waals surface area contributed by atoms with E-state index in [0.717, 1.165) is 12.5 Å². The van der Waals surface area contributed by atoms with Gasteiger partial charge in [-0.3, -0.25) is 0 Å². The lowest BCUT2D eigenvalue weighted by Gasteiger charge is -2.10. The Balaban J connectivity index is 0.000000181. The van der Waals surface area contributed by atoms with Gasteiger partial charge in [0.1, 0.15) is 0 Å². The summed E-state index contributed by atoms with van der Waals surface area (Å²) in [6, 6.07) is 0.796. The fourth-order valence-electron chi connectivity index (χ4n) is 1.85. The van der Waals surface area contributed by atoms with Crippen molar-refractivity contribution >= 4 is 0 Å². The Morgan fingerprint density at radius 2 is 2.25 bits per heavy atom. The van der Waals surface area contributed by atoms with Gasteiger partial charge in [0.15, 0.2) is 0 Å². The first kappa shape index (κ1) is 13.0. The summed E-state index contributed by atoms with van der Waals surface area (Å²) < 4.78 is 0. The van der Waals surface area contributed by atoms with E-state index in [4.69, 9.17) is 0 Å². The molecule has 2 rings (SSSR count). The Morgan fingerprint density at radius 1 is 1.44 bits per heavy atom. The number of hydrogen-bond donors (Lipinski definition) is 2. The van der Waals surface area contributed by atoms with Crippen LogP contribution in [0.4, 0.5) is 0 Å². The van der Waals surface area contributed by atoms with Gasteiger partial charge in [0.05, 0.1) is 0 Å². The molecule has 0 radical (unpaired) electrons. The topological polar surface area (TPSA) is 24.1 Å². The van der Waals surface area contributed by atoms with Crippen molar-refractivity contribution in [2.75, 3.05) is 6.54 Å². The van der Waals surface area contributed by atoms with Crippen molar-refractivity contribution in [1.82, 2.24) is 10.6 Å². The molecule has 0 saturated carbocycles. The van der Waals surface area contributed by atoms with Crippen molar-refractivity contribution in [3.8, 4) is 0 Å². The van der Waals surface area contributed by atoms with Crippen LogP contribution in [0.25, 0.3) is 0 Å². The maximum absolute atomic E-state index is 3.60. The van der Waals surface area contributed by atoms with Crippen LogP contribution in [0.15, 0.2) is 36.2 Å². The Hall–Kier alpha value is -1.02. The summed E-state index contributed by atoms with van der Waals surface area (Å²) in [7, 11) is 0. The summed E-state index contributed by atoms with van der Waals surface area (Å²) in [5, 5.41) is 6.40. The van der Waals surface area contributed by atoms with E-state index in [9.17, 15) is 0 Å². The molecule has 0 aromatic heterocycles. The van der Waals surface area contributed by atoms with E-state index < -0.39 is 0 Å². The molecular weight excluding hydrogens is 196 g/mol. The minimum absolute atomic E-state index is 0.796. The lowest BCUT2D eigenvalue weighted by Crippen LogP contribution is -2.16. The fourth-order valence-corrected chi connectivity index (χ4v) is 1.85. The summed E-state index contributed by atoms with van der Waals surface area (Å²) in [5.74, 6) is 0. The second-order valence-corrected chi connectivity index (χ2v) is 4.55. The van der Waals surface area contributed by atoms with E-state index in [-0.39, 0.29) is 0 Å². The highest BCUT2D eigenvalue weighted by atomic mass is 14.9. The largest absolute Gasteiger partial charge is 0.366 e. The molecular formula is C14H24N2. The van der Waals surface area contributed by atoms with Crippen LogP contribution in [0.5, 0.6) is 0 Å². The van der Waals surface area contributed by atoms with Crippen LogP contribution in [0.1, 0.15) is 39.5 Å². The maximum Gasteiger partial charge on any atom is 0.0149 e. The van der Waals surface area contributed by atoms with Gasteiger partial charge in [0.2, 0.25) is 0 Å². The van der Waals surface area contributed by atoms with Crippen molar-refractivity contribution in [3.05, 3.63) is 36.2 Å². The van der Waals surface area contributed by atoms with E-state index in [1.165, 1.54) is 37.1 Å². The molecule has 1 heterocycles. The lowest BCUT2D eigenvalue weighted by atomic mass is 10.0. The molecule has 16 heavy (non-hydrogen) atoms. The van der Waals surface area contributed by atoms with E-state index in [1.54, 1.807) is 6.20 Å². The van der Waals surface area contributed by atoms with Crippen LogP contribution < -0.4 is 10.6 Å². The molecule has 1 unspecified atom stereocenters. The van der Waals surface area contributed by atoms with Crippen molar-refractivity contribution in [2.45, 2.75) is 45.6 Å². The second-order valence-electron chi connectivity index (χ2n) is 4.55. The predicted octanol–water partition coefficient (Wildman–Crippen LogP) is 3.10. The summed E-state index contributed by atoms with van der Waals surface area (Å²) >= 11 is 0. The molecule has 1 fully saturated rings. The molecule has 2 N–H and O–H groups in total. The molecule has 0 spiro atoms. The first-order valence-corrected chi connectivity index (χ1v) is 6.19. The van der Waals surface area contributed by atoms with Gasteiger partial charge in [-0.25, -0.2) is 0 Å². The highest BCUT2D eigenvalue weighted by Crippen LogP contribution is 2.14. The molecule has 1 atom stereocenters. The van der Waals surface area contributed by atoms with E-state index in [1.807, 2.05) is 0 Å². The number of hydrogen-bond acceptors (Lipinski definition) is 2. The van der Waals surface area contributed by atoms with Gasteiger partial charge in [0.25, 0.3) is 0 Å². The summed E-state index contributed by atoms with van der Waals surface area (Å²) in [6.07, 6.45) is 11.0. The third kappa shape index (κ3) is 5.17. The molecule has 90 valence electrons. The van der Waals surface area contributed by atoms with Gasteiger partial charge in [-0.15, -0.1) is 0 Å². The zero-order valence-electron chi connectivity index (χ0n) is 10.6. The minimum Gasteiger partial charge on any atom is -0.366 e. The third-order valence-electron chi connectivity index (χ3n) is 2.95. The highest BCUT2D eigenvalue weighted by molar-refractivity contribution is 5.22. The standard InChI is InChI=1S/C9H13N.C5H11N/c1-3-10-9-6-4-8(2)5-7-9;1-5-3-2-4-6-5/h3-4,6,10H,1,5,7H2,2H3;5-6H,2-4H2,1H3. The molecule has 2 heteroatoms. The number of allylic oxidation sites excluding steroid dienone is 4. The Bertz CT molecular complexity index is 270. The first-order valence-electron chi connectivity index (χ1n) is 6.19. The Labute approximate surface area is 99.5 Å². The van der Waals surface area contributed by atoms with Crippen LogP contribution in [0.2, 0.25) is 0 Å². The zero-order valence-corrected chi connectivity index (χ0v) is 10.6. The summed E-state index contributed by atoms with van der Waals surface area (Å²) in [6.45, 7) is 9.22. The third-order valence-corrected chi connectivity index (χ3v) is 2.95. The smallest absolute Gasteiger partial charge is 0.0149 e.